The molecule has 0 bridgehead atoms. The van der Waals surface area contributed by atoms with E-state index in [2.05, 4.69) is 23.4 Å². The molecule has 1 amide bonds. The Kier molecular flexibility index (Phi) is 3.62. The fourth-order valence-corrected chi connectivity index (χ4v) is 4.43. The number of carbonyl (C=O) groups is 1. The predicted molar refractivity (Wildman–Crippen MR) is 93.8 cm³/mol. The molecule has 1 atom stereocenters. The van der Waals surface area contributed by atoms with Crippen molar-refractivity contribution in [1.29, 1.82) is 0 Å². The fraction of sp³-hybridized carbons (Fsp3) is 0.263. The molecule has 0 saturated carbocycles. The Morgan fingerprint density at radius 3 is 3.04 bits per heavy atom. The monoisotopic (exact) mass is 322 g/mol. The van der Waals surface area contributed by atoms with Crippen molar-refractivity contribution >= 4 is 28.0 Å². The first-order valence-electron chi connectivity index (χ1n) is 8.00. The fourth-order valence-electron chi connectivity index (χ4n) is 3.51. The summed E-state index contributed by atoms with van der Waals surface area (Å²) in [4.78, 5) is 21.0. The zero-order chi connectivity index (χ0) is 15.8. The molecule has 0 unspecified atom stereocenters. The third-order valence-corrected chi connectivity index (χ3v) is 5.62. The van der Waals surface area contributed by atoms with E-state index >= 15 is 0 Å². The number of fused-ring (bicyclic) bond motifs is 2. The molecule has 1 aliphatic rings. The molecule has 4 rings (SSSR count). The van der Waals surface area contributed by atoms with E-state index in [4.69, 9.17) is 0 Å². The Balaban J connectivity index is 1.77. The summed E-state index contributed by atoms with van der Waals surface area (Å²) in [5.41, 5.74) is 1.89. The Labute approximate surface area is 139 Å². The smallest absolute Gasteiger partial charge is 0.273 e. The van der Waals surface area contributed by atoms with Crippen LogP contribution in [-0.4, -0.2) is 22.3 Å². The van der Waals surface area contributed by atoms with Crippen LogP contribution in [-0.2, 0) is 6.42 Å². The molecule has 0 radical (unpaired) electrons. The van der Waals surface area contributed by atoms with Gasteiger partial charge in [-0.25, -0.2) is 0 Å². The number of hydrogen-bond donors (Lipinski definition) is 0. The minimum Gasteiger partial charge on any atom is -0.330 e. The van der Waals surface area contributed by atoms with Gasteiger partial charge in [-0.15, -0.1) is 11.3 Å². The summed E-state index contributed by atoms with van der Waals surface area (Å²) in [6, 6.07) is 12.3. The quantitative estimate of drug-likeness (QED) is 0.698. The van der Waals surface area contributed by atoms with Crippen LogP contribution >= 0.6 is 11.3 Å². The van der Waals surface area contributed by atoms with Gasteiger partial charge in [-0.3, -0.25) is 9.78 Å². The van der Waals surface area contributed by atoms with Crippen molar-refractivity contribution in [1.82, 2.24) is 9.88 Å². The number of nitrogens with zero attached hydrogens (tertiary/aromatic N) is 2. The van der Waals surface area contributed by atoms with Crippen LogP contribution in [0.3, 0.4) is 0 Å². The third-order valence-electron chi connectivity index (χ3n) is 4.62. The first-order valence-corrected chi connectivity index (χ1v) is 8.88. The number of amides is 1. The van der Waals surface area contributed by atoms with Crippen molar-refractivity contribution in [3.63, 3.8) is 0 Å². The van der Waals surface area contributed by atoms with Gasteiger partial charge in [0.05, 0.1) is 6.04 Å². The molecule has 3 aromatic rings. The predicted octanol–water partition coefficient (Wildman–Crippen LogP) is 4.45. The van der Waals surface area contributed by atoms with E-state index in [-0.39, 0.29) is 11.9 Å². The molecule has 0 aliphatic carbocycles. The maximum absolute atomic E-state index is 13.2. The second kappa shape index (κ2) is 5.78. The summed E-state index contributed by atoms with van der Waals surface area (Å²) in [7, 11) is 0. The molecule has 0 fully saturated rings. The first-order chi connectivity index (χ1) is 11.3. The van der Waals surface area contributed by atoms with Crippen LogP contribution in [0.25, 0.3) is 10.8 Å². The number of benzene rings is 1. The van der Waals surface area contributed by atoms with Gasteiger partial charge in [0, 0.05) is 23.0 Å². The molecule has 116 valence electrons. The second-order valence-corrected chi connectivity index (χ2v) is 6.85. The average Bonchev–Trinajstić information content (AvgIpc) is 3.08. The van der Waals surface area contributed by atoms with Gasteiger partial charge in [-0.05, 0) is 41.3 Å². The van der Waals surface area contributed by atoms with E-state index in [0.29, 0.717) is 5.69 Å². The highest BCUT2D eigenvalue weighted by atomic mass is 32.1. The van der Waals surface area contributed by atoms with Crippen molar-refractivity contribution in [3.05, 3.63) is 64.1 Å². The molecule has 4 heteroatoms. The van der Waals surface area contributed by atoms with Crippen molar-refractivity contribution in [2.24, 2.45) is 0 Å². The number of aromatic nitrogens is 1. The summed E-state index contributed by atoms with van der Waals surface area (Å²) in [6.45, 7) is 2.92. The number of pyridine rings is 1. The highest BCUT2D eigenvalue weighted by molar-refractivity contribution is 7.10. The van der Waals surface area contributed by atoms with E-state index < -0.39 is 0 Å². The van der Waals surface area contributed by atoms with Gasteiger partial charge >= 0.3 is 0 Å². The lowest BCUT2D eigenvalue weighted by molar-refractivity contribution is 0.0653. The number of thiophene rings is 1. The largest absolute Gasteiger partial charge is 0.330 e. The lowest BCUT2D eigenvalue weighted by Crippen LogP contribution is -2.39. The van der Waals surface area contributed by atoms with Crippen LogP contribution in [0.15, 0.2) is 48.0 Å². The Hall–Kier alpha value is -2.20. The molecular formula is C19H18N2OS. The second-order valence-electron chi connectivity index (χ2n) is 5.85. The van der Waals surface area contributed by atoms with Crippen LogP contribution in [0.4, 0.5) is 0 Å². The van der Waals surface area contributed by atoms with Gasteiger partial charge in [0.1, 0.15) is 5.69 Å². The van der Waals surface area contributed by atoms with Crippen LogP contribution in [0, 0.1) is 0 Å². The van der Waals surface area contributed by atoms with Gasteiger partial charge < -0.3 is 4.90 Å². The zero-order valence-electron chi connectivity index (χ0n) is 13.0. The summed E-state index contributed by atoms with van der Waals surface area (Å²) >= 11 is 1.80. The minimum absolute atomic E-state index is 0.0468. The Morgan fingerprint density at radius 1 is 1.30 bits per heavy atom. The van der Waals surface area contributed by atoms with E-state index in [0.717, 1.165) is 30.2 Å². The van der Waals surface area contributed by atoms with Crippen LogP contribution in [0.1, 0.15) is 40.3 Å². The molecule has 23 heavy (non-hydrogen) atoms. The van der Waals surface area contributed by atoms with E-state index in [1.807, 2.05) is 35.2 Å². The molecule has 0 spiro atoms. The summed E-state index contributed by atoms with van der Waals surface area (Å²) in [5.74, 6) is 0.0468. The Bertz CT molecular complexity index is 865. The highest BCUT2D eigenvalue weighted by Crippen LogP contribution is 2.36. The topological polar surface area (TPSA) is 33.2 Å². The molecule has 3 heterocycles. The molecular weight excluding hydrogens is 304 g/mol. The van der Waals surface area contributed by atoms with E-state index in [1.54, 1.807) is 17.5 Å². The number of hydrogen-bond acceptors (Lipinski definition) is 3. The molecule has 1 aliphatic heterocycles. The van der Waals surface area contributed by atoms with Crippen molar-refractivity contribution < 1.29 is 4.79 Å². The molecule has 0 saturated heterocycles. The normalized spacial score (nSPS) is 17.3. The lowest BCUT2D eigenvalue weighted by Gasteiger charge is -2.35. The van der Waals surface area contributed by atoms with Crippen molar-refractivity contribution in [2.45, 2.75) is 25.8 Å². The van der Waals surface area contributed by atoms with Crippen LogP contribution in [0.5, 0.6) is 0 Å². The van der Waals surface area contributed by atoms with Crippen LogP contribution < -0.4 is 0 Å². The van der Waals surface area contributed by atoms with E-state index in [9.17, 15) is 4.79 Å². The van der Waals surface area contributed by atoms with Crippen molar-refractivity contribution in [3.8, 4) is 0 Å². The first kappa shape index (κ1) is 14.4. The maximum atomic E-state index is 13.2. The molecule has 0 N–H and O–H groups in total. The van der Waals surface area contributed by atoms with E-state index in [1.165, 1.54) is 10.4 Å². The van der Waals surface area contributed by atoms with Gasteiger partial charge in [0.2, 0.25) is 0 Å². The maximum Gasteiger partial charge on any atom is 0.273 e. The minimum atomic E-state index is 0.0468. The lowest BCUT2D eigenvalue weighted by atomic mass is 9.97. The molecule has 3 nitrogen and oxygen atoms in total. The standard InChI is InChI=1S/C19H18N2OS/c1-2-16-15-9-12-23-17(15)8-11-21(16)19(22)18-14-6-4-3-5-13(14)7-10-20-18/h3-7,9-10,12,16H,2,8,11H2,1H3/t16-/m1/s1. The Morgan fingerprint density at radius 2 is 2.17 bits per heavy atom. The summed E-state index contributed by atoms with van der Waals surface area (Å²) in [5, 5.41) is 4.13. The zero-order valence-corrected chi connectivity index (χ0v) is 13.8. The number of carbonyl (C=O) groups excluding carboxylic acids is 1. The SMILES string of the molecule is CC[C@@H]1c2ccsc2CCN1C(=O)c1nccc2ccccc12. The van der Waals surface area contributed by atoms with Gasteiger partial charge in [-0.2, -0.15) is 0 Å². The average molecular weight is 322 g/mol. The summed E-state index contributed by atoms with van der Waals surface area (Å²) in [6.07, 6.45) is 3.61. The summed E-state index contributed by atoms with van der Waals surface area (Å²) < 4.78 is 0. The van der Waals surface area contributed by atoms with Gasteiger partial charge in [0.15, 0.2) is 0 Å². The molecule has 1 aromatic carbocycles. The highest BCUT2D eigenvalue weighted by Gasteiger charge is 2.31. The van der Waals surface area contributed by atoms with Crippen molar-refractivity contribution in [2.75, 3.05) is 6.54 Å². The molecule has 2 aromatic heterocycles. The van der Waals surface area contributed by atoms with Crippen LogP contribution in [0.2, 0.25) is 0 Å². The number of rotatable bonds is 2. The van der Waals surface area contributed by atoms with Gasteiger partial charge in [-0.1, -0.05) is 31.2 Å². The van der Waals surface area contributed by atoms with Gasteiger partial charge in [0.25, 0.3) is 5.91 Å². The third kappa shape index (κ3) is 2.34.